The number of nitrogens with one attached hydrogen (secondary N) is 2. The van der Waals surface area contributed by atoms with Crippen LogP contribution in [0.1, 0.15) is 29.8 Å². The van der Waals surface area contributed by atoms with Gasteiger partial charge in [-0.15, -0.1) is 0 Å². The van der Waals surface area contributed by atoms with E-state index in [0.29, 0.717) is 17.2 Å². The van der Waals surface area contributed by atoms with Crippen LogP contribution in [0.3, 0.4) is 0 Å². The molecule has 3 amide bonds. The number of hydrogen-bond acceptors (Lipinski definition) is 8. The highest BCUT2D eigenvalue weighted by Crippen LogP contribution is 2.37. The maximum atomic E-state index is 13.7. The second kappa shape index (κ2) is 12.6. The van der Waals surface area contributed by atoms with E-state index in [2.05, 4.69) is 10.0 Å². The smallest absolute Gasteiger partial charge is 0.321 e. The Labute approximate surface area is 256 Å². The van der Waals surface area contributed by atoms with Crippen molar-refractivity contribution < 1.29 is 37.3 Å². The third kappa shape index (κ3) is 6.53. The first-order valence-corrected chi connectivity index (χ1v) is 15.7. The van der Waals surface area contributed by atoms with E-state index in [4.69, 9.17) is 14.2 Å². The molecule has 2 aliphatic heterocycles. The van der Waals surface area contributed by atoms with Crippen LogP contribution in [0.4, 0.5) is 16.2 Å². The Balaban J connectivity index is 1.44. The molecule has 0 saturated carbocycles. The van der Waals surface area contributed by atoms with Crippen LogP contribution in [0.15, 0.2) is 65.6 Å². The zero-order chi connectivity index (χ0) is 31.6. The maximum Gasteiger partial charge on any atom is 0.321 e. The topological polar surface area (TPSA) is 147 Å². The van der Waals surface area contributed by atoms with Crippen molar-refractivity contribution >= 4 is 33.3 Å². The van der Waals surface area contributed by atoms with Crippen LogP contribution in [0.5, 0.6) is 17.2 Å². The average Bonchev–Trinajstić information content (AvgIpc) is 3.47. The number of rotatable bonds is 8. The van der Waals surface area contributed by atoms with Crippen molar-refractivity contribution in [3.8, 4) is 17.2 Å². The van der Waals surface area contributed by atoms with Crippen molar-refractivity contribution in [1.82, 2.24) is 9.80 Å². The quantitative estimate of drug-likeness (QED) is 0.342. The molecule has 234 valence electrons. The van der Waals surface area contributed by atoms with Gasteiger partial charge in [0.25, 0.3) is 15.9 Å². The summed E-state index contributed by atoms with van der Waals surface area (Å²) in [7, 11) is -2.42. The van der Waals surface area contributed by atoms with Gasteiger partial charge in [-0.1, -0.05) is 30.7 Å². The van der Waals surface area contributed by atoms with E-state index < -0.39 is 34.1 Å². The van der Waals surface area contributed by atoms with Gasteiger partial charge in [-0.2, -0.15) is 0 Å². The molecule has 2 aliphatic rings. The summed E-state index contributed by atoms with van der Waals surface area (Å²) < 4.78 is 46.4. The number of carbonyl (C=O) groups excluding carboxylic acids is 2. The summed E-state index contributed by atoms with van der Waals surface area (Å²) in [4.78, 5) is 30.0. The zero-order valence-corrected chi connectivity index (χ0v) is 25.8. The van der Waals surface area contributed by atoms with Crippen molar-refractivity contribution in [3.05, 3.63) is 71.8 Å². The first-order chi connectivity index (χ1) is 21.0. The summed E-state index contributed by atoms with van der Waals surface area (Å²) in [6.07, 6.45) is -0.659. The standard InChI is InChI=1S/C31H36N4O8S/c1-19-8-11-23(12-9-19)44(39,40)33-25-7-5-6-24-29(25)43-28(20(2)15-35(30(24)37)21(3)17-36)16-34(4)31(38)32-22-10-13-26-27(14-22)42-18-41-26/h5-14,20-21,28,33,36H,15-18H2,1-4H3,(H,32,38)/t20-,21+,28-/m0/s1. The van der Waals surface area contributed by atoms with E-state index in [1.807, 2.05) is 13.8 Å². The largest absolute Gasteiger partial charge is 0.485 e. The highest BCUT2D eigenvalue weighted by Gasteiger charge is 2.35. The molecular formula is C31H36N4O8S. The summed E-state index contributed by atoms with van der Waals surface area (Å²) >= 11 is 0. The first kappa shape index (κ1) is 31.0. The van der Waals surface area contributed by atoms with Gasteiger partial charge in [0.15, 0.2) is 17.2 Å². The minimum absolute atomic E-state index is 0.0458. The number of aliphatic hydroxyl groups excluding tert-OH is 1. The number of aliphatic hydroxyl groups is 1. The molecule has 0 spiro atoms. The number of amides is 3. The van der Waals surface area contributed by atoms with E-state index in [0.717, 1.165) is 5.56 Å². The predicted octanol–water partition coefficient (Wildman–Crippen LogP) is 3.91. The lowest BCUT2D eigenvalue weighted by Crippen LogP contribution is -2.50. The van der Waals surface area contributed by atoms with E-state index in [9.17, 15) is 23.1 Å². The first-order valence-electron chi connectivity index (χ1n) is 14.2. The van der Waals surface area contributed by atoms with E-state index in [1.165, 1.54) is 23.1 Å². The van der Waals surface area contributed by atoms with Crippen LogP contribution in [0.25, 0.3) is 0 Å². The van der Waals surface area contributed by atoms with Gasteiger partial charge in [0.1, 0.15) is 6.10 Å². The molecule has 3 atom stereocenters. The molecule has 0 saturated heterocycles. The number of fused-ring (bicyclic) bond motifs is 2. The average molecular weight is 625 g/mol. The molecule has 0 radical (unpaired) electrons. The Kier molecular flexibility index (Phi) is 8.88. The number of para-hydroxylation sites is 1. The summed E-state index contributed by atoms with van der Waals surface area (Å²) in [5.41, 5.74) is 1.65. The number of carbonyl (C=O) groups is 2. The normalized spacial score (nSPS) is 18.4. The van der Waals surface area contributed by atoms with E-state index >= 15 is 0 Å². The van der Waals surface area contributed by atoms with Crippen LogP contribution in [0, 0.1) is 12.8 Å². The lowest BCUT2D eigenvalue weighted by Gasteiger charge is -2.38. The Morgan fingerprint density at radius 1 is 1.11 bits per heavy atom. The van der Waals surface area contributed by atoms with Gasteiger partial charge in [0.2, 0.25) is 6.79 Å². The molecule has 13 heteroatoms. The molecule has 5 rings (SSSR count). The Bertz CT molecular complexity index is 1650. The van der Waals surface area contributed by atoms with Crippen molar-refractivity contribution in [2.24, 2.45) is 5.92 Å². The maximum absolute atomic E-state index is 13.7. The number of likely N-dealkylation sites (N-methyl/N-ethyl adjacent to an activating group) is 1. The highest BCUT2D eigenvalue weighted by atomic mass is 32.2. The number of ether oxygens (including phenoxy) is 3. The molecule has 3 N–H and O–H groups in total. The third-order valence-electron chi connectivity index (χ3n) is 7.69. The van der Waals surface area contributed by atoms with Crippen molar-refractivity contribution in [3.63, 3.8) is 0 Å². The van der Waals surface area contributed by atoms with Gasteiger partial charge in [0.05, 0.1) is 35.3 Å². The highest BCUT2D eigenvalue weighted by molar-refractivity contribution is 7.92. The summed E-state index contributed by atoms with van der Waals surface area (Å²) in [6, 6.07) is 15.2. The minimum Gasteiger partial charge on any atom is -0.485 e. The number of hydrogen-bond donors (Lipinski definition) is 3. The molecule has 0 aliphatic carbocycles. The number of anilines is 2. The molecule has 44 heavy (non-hydrogen) atoms. The summed E-state index contributed by atoms with van der Waals surface area (Å²) in [5.74, 6) is 0.449. The molecule has 0 aromatic heterocycles. The van der Waals surface area contributed by atoms with Gasteiger partial charge in [0, 0.05) is 31.3 Å². The summed E-state index contributed by atoms with van der Waals surface area (Å²) in [6.45, 7) is 5.65. The number of aryl methyl sites for hydroxylation is 1. The fourth-order valence-corrected chi connectivity index (χ4v) is 6.07. The van der Waals surface area contributed by atoms with E-state index in [1.54, 1.807) is 61.3 Å². The van der Waals surface area contributed by atoms with Gasteiger partial charge in [-0.3, -0.25) is 9.52 Å². The molecule has 0 fully saturated rings. The number of sulfonamides is 1. The SMILES string of the molecule is Cc1ccc(S(=O)(=O)Nc2cccc3c2O[C@@H](CN(C)C(=O)Nc2ccc4c(c2)OCO4)[C@@H](C)CN([C@H](C)CO)C3=O)cc1. The molecule has 3 aromatic carbocycles. The lowest BCUT2D eigenvalue weighted by atomic mass is 9.99. The third-order valence-corrected chi connectivity index (χ3v) is 9.07. The second-order valence-electron chi connectivity index (χ2n) is 11.1. The monoisotopic (exact) mass is 624 g/mol. The van der Waals surface area contributed by atoms with Crippen LogP contribution in [-0.4, -0.2) is 80.9 Å². The van der Waals surface area contributed by atoms with Gasteiger partial charge in [-0.05, 0) is 50.2 Å². The minimum atomic E-state index is -4.03. The van der Waals surface area contributed by atoms with Gasteiger partial charge >= 0.3 is 6.03 Å². The van der Waals surface area contributed by atoms with Crippen LogP contribution in [0.2, 0.25) is 0 Å². The lowest BCUT2D eigenvalue weighted by molar-refractivity contribution is 0.0373. The molecule has 3 aromatic rings. The number of nitrogens with zero attached hydrogens (tertiary/aromatic N) is 2. The van der Waals surface area contributed by atoms with Gasteiger partial charge in [-0.25, -0.2) is 13.2 Å². The molecule has 2 heterocycles. The second-order valence-corrected chi connectivity index (χ2v) is 12.8. The number of urea groups is 1. The summed E-state index contributed by atoms with van der Waals surface area (Å²) in [5, 5.41) is 12.8. The predicted molar refractivity (Wildman–Crippen MR) is 164 cm³/mol. The Morgan fingerprint density at radius 3 is 2.57 bits per heavy atom. The van der Waals surface area contributed by atoms with Crippen molar-refractivity contribution in [2.75, 3.05) is 43.6 Å². The van der Waals surface area contributed by atoms with Gasteiger partial charge < -0.3 is 34.4 Å². The van der Waals surface area contributed by atoms with Crippen LogP contribution in [-0.2, 0) is 10.0 Å². The zero-order valence-electron chi connectivity index (χ0n) is 24.9. The van der Waals surface area contributed by atoms with Crippen LogP contribution < -0.4 is 24.2 Å². The molecule has 0 unspecified atom stereocenters. The Hall–Kier alpha value is -4.49. The fraction of sp³-hybridized carbons (Fsp3) is 0.355. The molecule has 12 nitrogen and oxygen atoms in total. The van der Waals surface area contributed by atoms with Crippen molar-refractivity contribution in [2.45, 2.75) is 37.8 Å². The molecular weight excluding hydrogens is 588 g/mol. The molecule has 0 bridgehead atoms. The fourth-order valence-electron chi connectivity index (χ4n) is 5.01. The number of benzene rings is 3. The van der Waals surface area contributed by atoms with Crippen LogP contribution >= 0.6 is 0 Å². The van der Waals surface area contributed by atoms with E-state index in [-0.39, 0.29) is 54.3 Å². The van der Waals surface area contributed by atoms with Crippen molar-refractivity contribution in [1.29, 1.82) is 0 Å². The Morgan fingerprint density at radius 2 is 1.84 bits per heavy atom.